The van der Waals surface area contributed by atoms with Crippen molar-refractivity contribution >= 4 is 34.8 Å². The monoisotopic (exact) mass is 879 g/mol. The Bertz CT molecular complexity index is 2960. The molecule has 1 radical (unpaired) electrons. The second kappa shape index (κ2) is 18.1. The summed E-state index contributed by atoms with van der Waals surface area (Å²) in [6.45, 7) is 17.1. The van der Waals surface area contributed by atoms with Crippen LogP contribution < -0.4 is 10.9 Å². The lowest BCUT2D eigenvalue weighted by Gasteiger charge is -2.39. The van der Waals surface area contributed by atoms with Gasteiger partial charge in [-0.1, -0.05) is 201 Å². The van der Waals surface area contributed by atoms with Crippen molar-refractivity contribution in [2.24, 2.45) is 0 Å². The smallest absolute Gasteiger partial charge is 0.429 e. The molecule has 9 rings (SSSR count). The third kappa shape index (κ3) is 9.42. The molecule has 1 aliphatic rings. The molecule has 0 aromatic heterocycles. The molecule has 8 aromatic rings. The molecule has 1 aliphatic heterocycles. The number of hydrogen-bond donors (Lipinski definition) is 0. The van der Waals surface area contributed by atoms with Crippen LogP contribution in [0.15, 0.2) is 194 Å². The Kier molecular flexibility index (Phi) is 12.5. The summed E-state index contributed by atoms with van der Waals surface area (Å²) >= 11 is 0. The number of benzene rings is 8. The highest BCUT2D eigenvalue weighted by Gasteiger charge is 2.52. The van der Waals surface area contributed by atoms with Crippen molar-refractivity contribution in [2.75, 3.05) is 0 Å². The Balaban J connectivity index is 1.04. The molecule has 1 heterocycles. The summed E-state index contributed by atoms with van der Waals surface area (Å²) in [5.41, 5.74) is 16.8. The van der Waals surface area contributed by atoms with Crippen molar-refractivity contribution in [1.82, 2.24) is 0 Å². The lowest BCUT2D eigenvalue weighted by Crippen LogP contribution is -2.45. The predicted octanol–water partition coefficient (Wildman–Crippen LogP) is 14.3. The minimum absolute atomic E-state index is 0.108. The molecular formula is C60H58B2O3P. The highest BCUT2D eigenvalue weighted by atomic mass is 31.0. The Morgan fingerprint density at radius 2 is 0.742 bits per heavy atom. The lowest BCUT2D eigenvalue weighted by molar-refractivity contribution is 0.00578. The zero-order valence-electron chi connectivity index (χ0n) is 39.4. The molecule has 1 saturated heterocycles. The highest BCUT2D eigenvalue weighted by molar-refractivity contribution is 7.19. The van der Waals surface area contributed by atoms with Crippen molar-refractivity contribution in [2.45, 2.75) is 77.3 Å². The van der Waals surface area contributed by atoms with Crippen molar-refractivity contribution in [3.05, 3.63) is 194 Å². The van der Waals surface area contributed by atoms with Gasteiger partial charge in [0.25, 0.3) is 0 Å². The fourth-order valence-electron chi connectivity index (χ4n) is 8.42. The molecule has 8 aromatic carbocycles. The van der Waals surface area contributed by atoms with Crippen LogP contribution in [0.1, 0.15) is 55.4 Å². The van der Waals surface area contributed by atoms with Gasteiger partial charge in [0.1, 0.15) is 0 Å². The SMILES string of the molecule is CC(C)(P)C(C)(C)O[B]c1cc(-c2ccccc2)cc(-c2ccc(-c3ccc(-c4ccccc4-c4cc(B5OC(C)(C)C(C)(C)O5)cc(-c5ccccc5-c5ccccc5)c4)cc3)cc2)c1. The van der Waals surface area contributed by atoms with Crippen molar-refractivity contribution in [3.8, 4) is 77.9 Å². The van der Waals surface area contributed by atoms with Gasteiger partial charge in [0.2, 0.25) is 0 Å². The van der Waals surface area contributed by atoms with E-state index in [2.05, 4.69) is 259 Å². The summed E-state index contributed by atoms with van der Waals surface area (Å²) in [7, 11) is 4.33. The van der Waals surface area contributed by atoms with E-state index in [0.717, 1.165) is 72.1 Å². The zero-order valence-corrected chi connectivity index (χ0v) is 40.6. The molecule has 0 spiro atoms. The Hall–Kier alpha value is -5.80. The van der Waals surface area contributed by atoms with Gasteiger partial charge in [-0.3, -0.25) is 0 Å². The maximum absolute atomic E-state index is 6.68. The minimum Gasteiger partial charge on any atom is -0.429 e. The molecule has 1 atom stereocenters. The molecule has 66 heavy (non-hydrogen) atoms. The van der Waals surface area contributed by atoms with Gasteiger partial charge >= 0.3 is 14.6 Å². The van der Waals surface area contributed by atoms with Crippen LogP contribution in [0.25, 0.3) is 77.9 Å². The number of rotatable bonds is 12. The van der Waals surface area contributed by atoms with Gasteiger partial charge in [0.05, 0.1) is 16.8 Å². The van der Waals surface area contributed by atoms with Crippen molar-refractivity contribution in [1.29, 1.82) is 0 Å². The van der Waals surface area contributed by atoms with E-state index in [-0.39, 0.29) is 10.8 Å². The summed E-state index contributed by atoms with van der Waals surface area (Å²) in [6, 6.07) is 69.9. The van der Waals surface area contributed by atoms with Crippen LogP contribution in [-0.4, -0.2) is 36.6 Å². The van der Waals surface area contributed by atoms with E-state index in [1.165, 1.54) is 16.7 Å². The maximum Gasteiger partial charge on any atom is 0.494 e. The van der Waals surface area contributed by atoms with Gasteiger partial charge in [-0.25, -0.2) is 0 Å². The highest BCUT2D eigenvalue weighted by Crippen LogP contribution is 2.41. The van der Waals surface area contributed by atoms with E-state index in [4.69, 9.17) is 14.0 Å². The number of hydrogen-bond acceptors (Lipinski definition) is 3. The molecule has 0 N–H and O–H groups in total. The molecule has 0 aliphatic carbocycles. The molecule has 0 amide bonds. The molecule has 1 fully saturated rings. The van der Waals surface area contributed by atoms with E-state index < -0.39 is 18.3 Å². The molecule has 1 unspecified atom stereocenters. The van der Waals surface area contributed by atoms with Crippen LogP contribution in [0, 0.1) is 0 Å². The van der Waals surface area contributed by atoms with Crippen LogP contribution in [0.2, 0.25) is 0 Å². The second-order valence-electron chi connectivity index (χ2n) is 19.7. The molecule has 0 saturated carbocycles. The standard InChI is InChI=1S/C60H58B2O3P/c1-57(2)58(3,4)65-62(64-57)52-39-49(55-25-17-15-23-53(55)45-21-13-10-14-22-45)36-50(40-52)56-26-18-16-24-54(56)46-33-31-43(32-34-46)42-27-29-44(30-28-42)48-35-47(41-19-11-9-12-20-41)37-51(38-48)61-63-59(5,6)60(7,8)66/h9-40H,66H2,1-8H3. The molecule has 6 heteroatoms. The van der Waals surface area contributed by atoms with Gasteiger partial charge in [0, 0.05) is 5.16 Å². The third-order valence-corrected chi connectivity index (χ3v) is 14.6. The normalized spacial score (nSPS) is 14.6. The van der Waals surface area contributed by atoms with Crippen LogP contribution >= 0.6 is 9.24 Å². The summed E-state index contributed by atoms with van der Waals surface area (Å²) in [5.74, 6) is 0. The molecule has 0 bridgehead atoms. The van der Waals surface area contributed by atoms with Crippen LogP contribution in [0.3, 0.4) is 0 Å². The topological polar surface area (TPSA) is 27.7 Å². The first-order chi connectivity index (χ1) is 31.5. The average molecular weight is 880 g/mol. The van der Waals surface area contributed by atoms with Crippen molar-refractivity contribution in [3.63, 3.8) is 0 Å². The fraction of sp³-hybridized carbons (Fsp3) is 0.200. The van der Waals surface area contributed by atoms with E-state index in [0.29, 0.717) is 0 Å². The summed E-state index contributed by atoms with van der Waals surface area (Å²) in [6.07, 6.45) is 0. The molecule has 3 nitrogen and oxygen atoms in total. The molecular weight excluding hydrogens is 821 g/mol. The van der Waals surface area contributed by atoms with Gasteiger partial charge in [-0.15, -0.1) is 9.24 Å². The third-order valence-electron chi connectivity index (χ3n) is 13.9. The summed E-state index contributed by atoms with van der Waals surface area (Å²) < 4.78 is 19.8. The summed E-state index contributed by atoms with van der Waals surface area (Å²) in [4.78, 5) is 0. The van der Waals surface area contributed by atoms with Gasteiger partial charge in [-0.2, -0.15) is 0 Å². The Morgan fingerprint density at radius 1 is 0.409 bits per heavy atom. The first-order valence-electron chi connectivity index (χ1n) is 23.0. The molecule has 327 valence electrons. The fourth-order valence-corrected chi connectivity index (χ4v) is 8.48. The first-order valence-corrected chi connectivity index (χ1v) is 23.6. The summed E-state index contributed by atoms with van der Waals surface area (Å²) in [5, 5.41) is -0.108. The van der Waals surface area contributed by atoms with Crippen LogP contribution in [0.4, 0.5) is 0 Å². The van der Waals surface area contributed by atoms with Crippen LogP contribution in [-0.2, 0) is 14.0 Å². The van der Waals surface area contributed by atoms with Crippen molar-refractivity contribution < 1.29 is 14.0 Å². The largest absolute Gasteiger partial charge is 0.494 e. The first kappa shape index (κ1) is 45.4. The quantitative estimate of drug-likeness (QED) is 0.0904. The van der Waals surface area contributed by atoms with E-state index >= 15 is 0 Å². The second-order valence-corrected chi connectivity index (χ2v) is 21.2. The average Bonchev–Trinajstić information content (AvgIpc) is 3.56. The lowest BCUT2D eigenvalue weighted by atomic mass is 9.75. The van der Waals surface area contributed by atoms with Gasteiger partial charge < -0.3 is 14.0 Å². The zero-order chi connectivity index (χ0) is 46.3. The van der Waals surface area contributed by atoms with Crippen LogP contribution in [0.5, 0.6) is 0 Å². The Labute approximate surface area is 396 Å². The van der Waals surface area contributed by atoms with Gasteiger partial charge in [-0.05, 0) is 137 Å². The Morgan fingerprint density at radius 3 is 1.18 bits per heavy atom. The van der Waals surface area contributed by atoms with E-state index in [1.54, 1.807) is 0 Å². The van der Waals surface area contributed by atoms with Gasteiger partial charge in [0.15, 0.2) is 0 Å². The maximum atomic E-state index is 6.68. The minimum atomic E-state index is -0.511. The van der Waals surface area contributed by atoms with E-state index in [1.807, 2.05) is 7.48 Å². The van der Waals surface area contributed by atoms with E-state index in [9.17, 15) is 0 Å². The predicted molar refractivity (Wildman–Crippen MR) is 285 cm³/mol.